The van der Waals surface area contributed by atoms with Crippen LogP contribution in [0.2, 0.25) is 0 Å². The topological polar surface area (TPSA) is 29.1 Å². The summed E-state index contributed by atoms with van der Waals surface area (Å²) in [7, 11) is 0. The quantitative estimate of drug-likeness (QED) is 0.694. The first-order valence-electron chi connectivity index (χ1n) is 4.88. The van der Waals surface area contributed by atoms with Crippen molar-refractivity contribution in [2.24, 2.45) is 5.92 Å². The van der Waals surface area contributed by atoms with Crippen molar-refractivity contribution in [3.05, 3.63) is 6.54 Å². The fourth-order valence-electron chi connectivity index (χ4n) is 1.77. The Morgan fingerprint density at radius 2 is 2.08 bits per heavy atom. The summed E-state index contributed by atoms with van der Waals surface area (Å²) in [5.74, 6) is 0.749. The molecule has 1 rings (SSSR count). The van der Waals surface area contributed by atoms with Crippen LogP contribution in [0.25, 0.3) is 0 Å². The number of rotatable bonds is 4. The number of carbonyl (C=O) groups is 1. The molecule has 0 spiro atoms. The summed E-state index contributed by atoms with van der Waals surface area (Å²) in [5.41, 5.74) is 0. The van der Waals surface area contributed by atoms with Gasteiger partial charge in [-0.25, -0.2) is 0 Å². The molecule has 2 nitrogen and oxygen atoms in total. The minimum atomic E-state index is 0.353. The lowest BCUT2D eigenvalue weighted by molar-refractivity contribution is -0.122. The molecule has 0 aromatic heterocycles. The van der Waals surface area contributed by atoms with Gasteiger partial charge in [-0.15, -0.1) is 0 Å². The Labute approximate surface area is 74.7 Å². The Hall–Kier alpha value is -0.370. The van der Waals surface area contributed by atoms with Crippen molar-refractivity contribution >= 4 is 5.78 Å². The van der Waals surface area contributed by atoms with Crippen LogP contribution in [0.4, 0.5) is 0 Å². The molecule has 0 heterocycles. The zero-order valence-electron chi connectivity index (χ0n) is 7.81. The van der Waals surface area contributed by atoms with Crippen LogP contribution in [0.3, 0.4) is 0 Å². The molecule has 0 bridgehead atoms. The van der Waals surface area contributed by atoms with Gasteiger partial charge in [0.05, 0.1) is 6.54 Å². The van der Waals surface area contributed by atoms with Crippen LogP contribution >= 0.6 is 0 Å². The molecule has 1 aliphatic carbocycles. The Morgan fingerprint density at radius 3 is 2.67 bits per heavy atom. The van der Waals surface area contributed by atoms with E-state index in [1.807, 2.05) is 13.5 Å². The summed E-state index contributed by atoms with van der Waals surface area (Å²) in [4.78, 5) is 11.5. The maximum absolute atomic E-state index is 11.5. The first-order valence-corrected chi connectivity index (χ1v) is 4.88. The smallest absolute Gasteiger partial charge is 0.149 e. The normalized spacial score (nSPS) is 19.4. The second-order valence-corrected chi connectivity index (χ2v) is 3.47. The van der Waals surface area contributed by atoms with Crippen molar-refractivity contribution in [1.82, 2.24) is 5.32 Å². The van der Waals surface area contributed by atoms with E-state index in [-0.39, 0.29) is 0 Å². The fourth-order valence-corrected chi connectivity index (χ4v) is 1.77. The van der Waals surface area contributed by atoms with E-state index in [1.165, 1.54) is 19.3 Å². The molecular formula is C10H18NO. The minimum absolute atomic E-state index is 0.353. The molecule has 1 fully saturated rings. The van der Waals surface area contributed by atoms with Crippen LogP contribution in [0, 0.1) is 12.5 Å². The Balaban J connectivity index is 2.20. The summed E-state index contributed by atoms with van der Waals surface area (Å²) >= 11 is 0. The van der Waals surface area contributed by atoms with Crippen LogP contribution in [-0.2, 0) is 4.79 Å². The van der Waals surface area contributed by atoms with Gasteiger partial charge in [0.2, 0.25) is 0 Å². The van der Waals surface area contributed by atoms with E-state index >= 15 is 0 Å². The second kappa shape index (κ2) is 5.31. The average molecular weight is 168 g/mol. The molecule has 0 amide bonds. The van der Waals surface area contributed by atoms with Gasteiger partial charge in [-0.2, -0.15) is 0 Å². The van der Waals surface area contributed by atoms with Gasteiger partial charge in [-0.3, -0.25) is 4.79 Å². The van der Waals surface area contributed by atoms with Gasteiger partial charge in [-0.1, -0.05) is 19.3 Å². The number of nitrogens with one attached hydrogen (secondary N) is 1. The SMILES string of the molecule is C[CH]NCC(=O)C1CCCCC1. The van der Waals surface area contributed by atoms with Crippen LogP contribution in [0.5, 0.6) is 0 Å². The van der Waals surface area contributed by atoms with Gasteiger partial charge in [0.15, 0.2) is 0 Å². The van der Waals surface area contributed by atoms with E-state index in [4.69, 9.17) is 0 Å². The number of carbonyl (C=O) groups excluding carboxylic acids is 1. The number of hydrogen-bond donors (Lipinski definition) is 1. The maximum Gasteiger partial charge on any atom is 0.149 e. The highest BCUT2D eigenvalue weighted by Crippen LogP contribution is 2.23. The van der Waals surface area contributed by atoms with Crippen molar-refractivity contribution in [1.29, 1.82) is 0 Å². The summed E-state index contributed by atoms with van der Waals surface area (Å²) in [6.45, 7) is 4.27. The fraction of sp³-hybridized carbons (Fsp3) is 0.800. The molecule has 1 aliphatic rings. The van der Waals surface area contributed by atoms with Crippen LogP contribution in [-0.4, -0.2) is 12.3 Å². The molecule has 1 radical (unpaired) electrons. The third kappa shape index (κ3) is 2.94. The van der Waals surface area contributed by atoms with Crippen molar-refractivity contribution in [3.63, 3.8) is 0 Å². The van der Waals surface area contributed by atoms with E-state index in [9.17, 15) is 4.79 Å². The Morgan fingerprint density at radius 1 is 1.42 bits per heavy atom. The molecule has 12 heavy (non-hydrogen) atoms. The van der Waals surface area contributed by atoms with Gasteiger partial charge >= 0.3 is 0 Å². The highest BCUT2D eigenvalue weighted by molar-refractivity contribution is 5.83. The van der Waals surface area contributed by atoms with Gasteiger partial charge < -0.3 is 5.32 Å². The highest BCUT2D eigenvalue weighted by atomic mass is 16.1. The molecule has 0 unspecified atom stereocenters. The first kappa shape index (κ1) is 9.72. The molecule has 0 aromatic carbocycles. The van der Waals surface area contributed by atoms with E-state index in [1.54, 1.807) is 0 Å². The molecule has 0 aromatic rings. The summed E-state index contributed by atoms with van der Waals surface area (Å²) in [6, 6.07) is 0. The summed E-state index contributed by atoms with van der Waals surface area (Å²) < 4.78 is 0. The van der Waals surface area contributed by atoms with Gasteiger partial charge in [0, 0.05) is 12.5 Å². The molecule has 0 atom stereocenters. The predicted octanol–water partition coefficient (Wildman–Crippen LogP) is 1.91. The second-order valence-electron chi connectivity index (χ2n) is 3.47. The molecule has 0 aliphatic heterocycles. The Bertz CT molecular complexity index is 139. The lowest BCUT2D eigenvalue weighted by Gasteiger charge is -2.20. The molecule has 1 N–H and O–H groups in total. The summed E-state index contributed by atoms with van der Waals surface area (Å²) in [6.07, 6.45) is 6.03. The minimum Gasteiger partial charge on any atom is -0.306 e. The predicted molar refractivity (Wildman–Crippen MR) is 49.6 cm³/mol. The van der Waals surface area contributed by atoms with E-state index in [0.717, 1.165) is 12.8 Å². The van der Waals surface area contributed by atoms with Crippen molar-refractivity contribution in [2.45, 2.75) is 39.0 Å². The molecule has 2 heteroatoms. The van der Waals surface area contributed by atoms with Gasteiger partial charge in [0.1, 0.15) is 5.78 Å². The average Bonchev–Trinajstić information content (AvgIpc) is 2.15. The first-order chi connectivity index (χ1) is 5.84. The number of hydrogen-bond acceptors (Lipinski definition) is 2. The van der Waals surface area contributed by atoms with E-state index in [0.29, 0.717) is 18.2 Å². The van der Waals surface area contributed by atoms with Crippen molar-refractivity contribution < 1.29 is 4.79 Å². The van der Waals surface area contributed by atoms with E-state index in [2.05, 4.69) is 5.32 Å². The monoisotopic (exact) mass is 168 g/mol. The Kier molecular flexibility index (Phi) is 4.30. The largest absolute Gasteiger partial charge is 0.306 e. The van der Waals surface area contributed by atoms with Gasteiger partial charge in [0.25, 0.3) is 0 Å². The molecular weight excluding hydrogens is 150 g/mol. The van der Waals surface area contributed by atoms with Crippen LogP contribution < -0.4 is 5.32 Å². The molecule has 1 saturated carbocycles. The van der Waals surface area contributed by atoms with Crippen molar-refractivity contribution in [3.8, 4) is 0 Å². The lowest BCUT2D eigenvalue weighted by atomic mass is 9.86. The maximum atomic E-state index is 11.5. The molecule has 0 saturated heterocycles. The molecule has 69 valence electrons. The third-order valence-corrected chi connectivity index (χ3v) is 2.54. The van der Waals surface area contributed by atoms with Crippen LogP contribution in [0.15, 0.2) is 0 Å². The summed E-state index contributed by atoms with van der Waals surface area (Å²) in [5, 5.41) is 2.97. The highest BCUT2D eigenvalue weighted by Gasteiger charge is 2.19. The van der Waals surface area contributed by atoms with Crippen LogP contribution in [0.1, 0.15) is 39.0 Å². The zero-order chi connectivity index (χ0) is 8.81. The standard InChI is InChI=1S/C10H18NO/c1-2-11-8-10(12)9-6-4-3-5-7-9/h2,9,11H,3-8H2,1H3. The van der Waals surface area contributed by atoms with Gasteiger partial charge in [-0.05, 0) is 19.8 Å². The van der Waals surface area contributed by atoms with E-state index < -0.39 is 0 Å². The number of Topliss-reactive ketones (excluding diaryl/α,β-unsaturated/α-hetero) is 1. The number of ketones is 1. The lowest BCUT2D eigenvalue weighted by Crippen LogP contribution is -2.27. The van der Waals surface area contributed by atoms with Crippen molar-refractivity contribution in [2.75, 3.05) is 6.54 Å². The zero-order valence-corrected chi connectivity index (χ0v) is 7.81. The third-order valence-electron chi connectivity index (χ3n) is 2.54.